The van der Waals surface area contributed by atoms with Gasteiger partial charge >= 0.3 is 0 Å². The van der Waals surface area contributed by atoms with E-state index in [-0.39, 0.29) is 22.1 Å². The molecular weight excluding hydrogens is 553 g/mol. The molecule has 0 radical (unpaired) electrons. The normalized spacial score (nSPS) is 18.0. The summed E-state index contributed by atoms with van der Waals surface area (Å²) in [5.74, 6) is 0.117. The van der Waals surface area contributed by atoms with Gasteiger partial charge in [0.25, 0.3) is 10.0 Å². The van der Waals surface area contributed by atoms with E-state index >= 15 is 0 Å². The van der Waals surface area contributed by atoms with Crippen LogP contribution < -0.4 is 19.2 Å². The van der Waals surface area contributed by atoms with E-state index in [0.717, 1.165) is 11.3 Å². The third kappa shape index (κ3) is 6.01. The summed E-state index contributed by atoms with van der Waals surface area (Å²) in [6.07, 6.45) is 2.97. The molecule has 39 heavy (non-hydrogen) atoms. The van der Waals surface area contributed by atoms with Crippen molar-refractivity contribution in [2.24, 2.45) is 0 Å². The maximum absolute atomic E-state index is 13.6. The molecule has 1 aliphatic rings. The Balaban J connectivity index is 1.70. The molecule has 0 aliphatic carbocycles. The van der Waals surface area contributed by atoms with Gasteiger partial charge in [0.05, 0.1) is 17.2 Å². The minimum atomic E-state index is -4.11. The Morgan fingerprint density at radius 2 is 2.00 bits per heavy atom. The molecule has 0 spiro atoms. The van der Waals surface area contributed by atoms with Crippen LogP contribution in [0.2, 0.25) is 18.1 Å². The Kier molecular flexibility index (Phi) is 7.66. The topological polar surface area (TPSA) is 135 Å². The number of nitriles is 1. The zero-order valence-corrected chi connectivity index (χ0v) is 25.2. The van der Waals surface area contributed by atoms with Gasteiger partial charge in [-0.05, 0) is 66.5 Å². The lowest BCUT2D eigenvalue weighted by Gasteiger charge is -2.37. The van der Waals surface area contributed by atoms with Crippen LogP contribution in [-0.2, 0) is 21.2 Å². The van der Waals surface area contributed by atoms with Gasteiger partial charge in [-0.2, -0.15) is 14.7 Å². The highest BCUT2D eigenvalue weighted by molar-refractivity contribution is 7.91. The fourth-order valence-corrected chi connectivity index (χ4v) is 7.89. The van der Waals surface area contributed by atoms with Crippen LogP contribution in [0.1, 0.15) is 38.3 Å². The maximum Gasteiger partial charge on any atom is 0.251 e. The Morgan fingerprint density at radius 1 is 1.26 bits per heavy atom. The zero-order valence-electron chi connectivity index (χ0n) is 22.6. The largest absolute Gasteiger partial charge is 0.619 e. The van der Waals surface area contributed by atoms with Gasteiger partial charge in [0.2, 0.25) is 14.2 Å². The number of aromatic nitrogens is 1. The molecule has 2 aromatic heterocycles. The Labute approximate surface area is 234 Å². The summed E-state index contributed by atoms with van der Waals surface area (Å²) in [4.78, 5) is 13.8. The molecule has 0 saturated carbocycles. The molecule has 3 heterocycles. The number of hydrogen-bond acceptors (Lipinski definition) is 7. The molecular formula is C27H32N4O5S2Si. The van der Waals surface area contributed by atoms with Crippen LogP contribution in [0.5, 0.6) is 5.75 Å². The van der Waals surface area contributed by atoms with Crippen molar-refractivity contribution in [3.8, 4) is 22.3 Å². The van der Waals surface area contributed by atoms with Crippen LogP contribution in [0.4, 0.5) is 0 Å². The molecule has 9 nitrogen and oxygen atoms in total. The van der Waals surface area contributed by atoms with E-state index in [0.29, 0.717) is 38.6 Å². The average Bonchev–Trinajstić information content (AvgIpc) is 3.47. The van der Waals surface area contributed by atoms with Crippen LogP contribution >= 0.6 is 11.3 Å². The molecule has 1 atom stereocenters. The van der Waals surface area contributed by atoms with Crippen molar-refractivity contribution in [2.75, 3.05) is 6.54 Å². The van der Waals surface area contributed by atoms with Crippen molar-refractivity contribution in [1.82, 2.24) is 10.0 Å². The Hall–Kier alpha value is -3.24. The number of nitrogens with zero attached hydrogens (tertiary/aromatic N) is 2. The first-order chi connectivity index (χ1) is 18.2. The van der Waals surface area contributed by atoms with Crippen molar-refractivity contribution in [1.29, 1.82) is 5.26 Å². The van der Waals surface area contributed by atoms with E-state index in [2.05, 4.69) is 50.0 Å². The number of sulfonamides is 1. The standard InChI is InChI=1S/C27H32N4O5S2Si/c1-26(2,3)39(4,5)36-22-9-8-19(17-28)15-21(22)16-27(12-13-29-25(27)32)30-38(34,35)24-11-10-23(37-24)20-7-6-14-31(33)18-20/h6-11,14-15,18,30H,12-13,16H2,1-5H3,(H,29,32)/t27-/m1/s1. The number of pyridine rings is 1. The first kappa shape index (κ1) is 28.8. The molecule has 1 saturated heterocycles. The predicted octanol–water partition coefficient (Wildman–Crippen LogP) is 4.08. The molecule has 1 amide bonds. The third-order valence-corrected chi connectivity index (χ3v) is 14.9. The van der Waals surface area contributed by atoms with Crippen molar-refractivity contribution in [3.63, 3.8) is 0 Å². The summed E-state index contributed by atoms with van der Waals surface area (Å²) in [6, 6.07) is 13.6. The van der Waals surface area contributed by atoms with E-state index in [1.165, 1.54) is 18.5 Å². The molecule has 1 aliphatic heterocycles. The summed E-state index contributed by atoms with van der Waals surface area (Å²) in [5, 5.41) is 23.9. The fourth-order valence-electron chi connectivity index (χ4n) is 4.14. The number of carbonyl (C=O) groups excluding carboxylic acids is 1. The van der Waals surface area contributed by atoms with Crippen molar-refractivity contribution < 1.29 is 22.4 Å². The first-order valence-electron chi connectivity index (χ1n) is 12.5. The lowest BCUT2D eigenvalue weighted by molar-refractivity contribution is -0.604. The quantitative estimate of drug-likeness (QED) is 0.233. The second-order valence-corrected chi connectivity index (χ2v) is 19.0. The van der Waals surface area contributed by atoms with Crippen LogP contribution in [0, 0.1) is 16.5 Å². The monoisotopic (exact) mass is 584 g/mol. The molecule has 1 aromatic carbocycles. The molecule has 1 fully saturated rings. The summed E-state index contributed by atoms with van der Waals surface area (Å²) in [6.45, 7) is 10.9. The van der Waals surface area contributed by atoms with E-state index < -0.39 is 29.8 Å². The number of rotatable bonds is 8. The second-order valence-electron chi connectivity index (χ2n) is 11.2. The number of thiophene rings is 1. The Bertz CT molecular complexity index is 1560. The van der Waals surface area contributed by atoms with Crippen LogP contribution in [0.3, 0.4) is 0 Å². The molecule has 206 valence electrons. The lowest BCUT2D eigenvalue weighted by Crippen LogP contribution is -2.55. The maximum atomic E-state index is 13.6. The fraction of sp³-hybridized carbons (Fsp3) is 0.370. The van der Waals surface area contributed by atoms with Crippen LogP contribution in [0.25, 0.3) is 10.4 Å². The van der Waals surface area contributed by atoms with Gasteiger partial charge in [0.15, 0.2) is 12.4 Å². The molecule has 12 heteroatoms. The SMILES string of the molecule is CC(C)(C)[Si](C)(C)Oc1ccc(C#N)cc1C[C@]1(NS(=O)(=O)c2ccc(-c3ccc[n+]([O-])c3)s2)CCNC1=O. The summed E-state index contributed by atoms with van der Waals surface area (Å²) in [7, 11) is -6.39. The molecule has 0 unspecified atom stereocenters. The predicted molar refractivity (Wildman–Crippen MR) is 152 cm³/mol. The molecule has 4 rings (SSSR count). The zero-order chi connectivity index (χ0) is 28.6. The van der Waals surface area contributed by atoms with Crippen molar-refractivity contribution in [2.45, 2.75) is 61.5 Å². The van der Waals surface area contributed by atoms with E-state index in [1.807, 2.05) is 0 Å². The number of benzene rings is 1. The van der Waals surface area contributed by atoms with Crippen molar-refractivity contribution >= 4 is 35.6 Å². The van der Waals surface area contributed by atoms with Crippen LogP contribution in [0.15, 0.2) is 59.1 Å². The first-order valence-corrected chi connectivity index (χ1v) is 17.7. The average molecular weight is 585 g/mol. The minimum absolute atomic E-state index is 0.0185. The van der Waals surface area contributed by atoms with Crippen molar-refractivity contribution in [3.05, 3.63) is 71.2 Å². The molecule has 0 bridgehead atoms. The molecule has 2 N–H and O–H groups in total. The van der Waals surface area contributed by atoms with E-state index in [1.54, 1.807) is 36.4 Å². The summed E-state index contributed by atoms with van der Waals surface area (Å²) in [5.41, 5.74) is 0.112. The molecule has 3 aromatic rings. The second kappa shape index (κ2) is 10.4. The van der Waals surface area contributed by atoms with Gasteiger partial charge in [0, 0.05) is 23.9 Å². The third-order valence-electron chi connectivity index (χ3n) is 7.36. The summed E-state index contributed by atoms with van der Waals surface area (Å²) < 4.78 is 37.1. The smallest absolute Gasteiger partial charge is 0.251 e. The Morgan fingerprint density at radius 3 is 2.62 bits per heavy atom. The lowest BCUT2D eigenvalue weighted by atomic mass is 9.89. The number of amides is 1. The van der Waals surface area contributed by atoms with Crippen LogP contribution in [-0.4, -0.2) is 34.7 Å². The highest BCUT2D eigenvalue weighted by atomic mass is 32.2. The van der Waals surface area contributed by atoms with E-state index in [4.69, 9.17) is 4.43 Å². The highest BCUT2D eigenvalue weighted by Crippen LogP contribution is 2.40. The van der Waals surface area contributed by atoms with Gasteiger partial charge in [-0.25, -0.2) is 8.42 Å². The summed E-state index contributed by atoms with van der Waals surface area (Å²) >= 11 is 1.01. The van der Waals surface area contributed by atoms with Gasteiger partial charge in [-0.15, -0.1) is 11.3 Å². The van der Waals surface area contributed by atoms with E-state index in [9.17, 15) is 23.7 Å². The highest BCUT2D eigenvalue weighted by Gasteiger charge is 2.47. The number of nitrogens with one attached hydrogen (secondary N) is 2. The number of hydrogen-bond donors (Lipinski definition) is 2. The van der Waals surface area contributed by atoms with Gasteiger partial charge in [-0.3, -0.25) is 4.79 Å². The van der Waals surface area contributed by atoms with Gasteiger partial charge in [0.1, 0.15) is 15.5 Å². The number of carbonyl (C=O) groups is 1. The van der Waals surface area contributed by atoms with Gasteiger partial charge < -0.3 is 15.0 Å². The van der Waals surface area contributed by atoms with Gasteiger partial charge in [-0.1, -0.05) is 20.8 Å². The minimum Gasteiger partial charge on any atom is -0.619 e.